The molecule has 1 aliphatic heterocycles. The molecule has 176 valence electrons. The fourth-order valence-electron chi connectivity index (χ4n) is 3.45. The summed E-state index contributed by atoms with van der Waals surface area (Å²) < 4.78 is 27.1. The number of hydrogen-bond donors (Lipinski definition) is 5. The van der Waals surface area contributed by atoms with Crippen LogP contribution in [0.5, 0.6) is 0 Å². The van der Waals surface area contributed by atoms with Gasteiger partial charge in [-0.1, -0.05) is 54.6 Å². The number of aliphatic hydroxyl groups is 1. The molecule has 6 N–H and O–H groups in total. The van der Waals surface area contributed by atoms with Gasteiger partial charge in [-0.2, -0.15) is 0 Å². The number of amides is 2. The Kier molecular flexibility index (Phi) is 7.79. The summed E-state index contributed by atoms with van der Waals surface area (Å²) in [5, 5.41) is 19.8. The molecule has 3 rings (SSSR count). The van der Waals surface area contributed by atoms with Crippen LogP contribution in [-0.2, 0) is 31.9 Å². The number of amidine groups is 1. The van der Waals surface area contributed by atoms with Crippen LogP contribution in [0.3, 0.4) is 0 Å². The number of nitrogens with zero attached hydrogens (tertiary/aromatic N) is 1. The number of carbonyl (C=O) groups is 2. The number of sulfonamides is 1. The van der Waals surface area contributed by atoms with Gasteiger partial charge in [0.15, 0.2) is 0 Å². The van der Waals surface area contributed by atoms with Crippen molar-refractivity contribution < 1.29 is 23.1 Å². The molecular weight excluding hydrogens is 446 g/mol. The summed E-state index contributed by atoms with van der Waals surface area (Å²) in [5.41, 5.74) is 7.34. The van der Waals surface area contributed by atoms with Gasteiger partial charge in [0.25, 0.3) is 0 Å². The Morgan fingerprint density at radius 3 is 2.33 bits per heavy atom. The third-order valence-corrected chi connectivity index (χ3v) is 6.70. The lowest BCUT2D eigenvalue weighted by molar-refractivity contribution is -0.149. The molecule has 1 aliphatic rings. The molecule has 11 heteroatoms. The van der Waals surface area contributed by atoms with Gasteiger partial charge >= 0.3 is 0 Å². The predicted molar refractivity (Wildman–Crippen MR) is 122 cm³/mol. The van der Waals surface area contributed by atoms with E-state index in [1.807, 2.05) is 0 Å². The van der Waals surface area contributed by atoms with Crippen molar-refractivity contribution >= 4 is 27.7 Å². The Labute approximate surface area is 192 Å². The van der Waals surface area contributed by atoms with Gasteiger partial charge in [0, 0.05) is 18.7 Å². The third kappa shape index (κ3) is 6.37. The fourth-order valence-corrected chi connectivity index (χ4v) is 4.77. The summed E-state index contributed by atoms with van der Waals surface area (Å²) in [6, 6.07) is 13.2. The van der Waals surface area contributed by atoms with Gasteiger partial charge in [-0.05, 0) is 17.5 Å². The van der Waals surface area contributed by atoms with Crippen molar-refractivity contribution in [2.45, 2.75) is 30.8 Å². The van der Waals surface area contributed by atoms with E-state index in [1.165, 1.54) is 4.90 Å². The Morgan fingerprint density at radius 1 is 1.12 bits per heavy atom. The standard InChI is InChI=1S/C22H27N5O5S/c23-20(24)17-8-6-15(7-9-17)12-25-21(29)19-10-11-27(19)22(30)18(13-28)26-33(31,32)14-16-4-2-1-3-5-16/h1-9,18-19,26,28H,10-14H2,(H3,23,24)(H,25,29)/t18-,19+/m1/s1. The van der Waals surface area contributed by atoms with Crippen LogP contribution in [0.15, 0.2) is 54.6 Å². The van der Waals surface area contributed by atoms with E-state index in [0.29, 0.717) is 24.1 Å². The van der Waals surface area contributed by atoms with Crippen LogP contribution in [0.25, 0.3) is 0 Å². The van der Waals surface area contributed by atoms with E-state index < -0.39 is 34.6 Å². The first-order valence-corrected chi connectivity index (χ1v) is 12.0. The highest BCUT2D eigenvalue weighted by Crippen LogP contribution is 2.19. The molecule has 0 saturated carbocycles. The second-order valence-electron chi connectivity index (χ2n) is 7.76. The zero-order valence-corrected chi connectivity index (χ0v) is 18.7. The highest BCUT2D eigenvalue weighted by atomic mass is 32.2. The van der Waals surface area contributed by atoms with Gasteiger partial charge in [-0.25, -0.2) is 13.1 Å². The van der Waals surface area contributed by atoms with Gasteiger partial charge in [-0.15, -0.1) is 0 Å². The average molecular weight is 474 g/mol. The molecule has 0 radical (unpaired) electrons. The number of hydrogen-bond acceptors (Lipinski definition) is 6. The first-order valence-electron chi connectivity index (χ1n) is 10.4. The first kappa shape index (κ1) is 24.4. The maximum atomic E-state index is 12.8. The zero-order valence-electron chi connectivity index (χ0n) is 17.9. The molecule has 10 nitrogen and oxygen atoms in total. The smallest absolute Gasteiger partial charge is 0.243 e. The summed E-state index contributed by atoms with van der Waals surface area (Å²) in [6.45, 7) is -0.204. The van der Waals surface area contributed by atoms with E-state index in [9.17, 15) is 23.1 Å². The summed E-state index contributed by atoms with van der Waals surface area (Å²) in [4.78, 5) is 26.6. The largest absolute Gasteiger partial charge is 0.394 e. The van der Waals surface area contributed by atoms with Gasteiger partial charge < -0.3 is 21.1 Å². The van der Waals surface area contributed by atoms with Gasteiger partial charge in [0.1, 0.15) is 17.9 Å². The molecule has 0 aliphatic carbocycles. The fraction of sp³-hybridized carbons (Fsp3) is 0.318. The van der Waals surface area contributed by atoms with E-state index in [0.717, 1.165) is 5.56 Å². The molecule has 33 heavy (non-hydrogen) atoms. The zero-order chi connectivity index (χ0) is 24.0. The number of carbonyl (C=O) groups excluding carboxylic acids is 2. The van der Waals surface area contributed by atoms with Crippen molar-refractivity contribution in [3.05, 3.63) is 71.3 Å². The molecule has 1 fully saturated rings. The van der Waals surface area contributed by atoms with E-state index in [4.69, 9.17) is 11.1 Å². The first-order chi connectivity index (χ1) is 15.7. The number of nitrogens with one attached hydrogen (secondary N) is 3. The lowest BCUT2D eigenvalue weighted by Crippen LogP contribution is -2.63. The lowest BCUT2D eigenvalue weighted by atomic mass is 10.0. The minimum absolute atomic E-state index is 0.0490. The molecule has 2 atom stereocenters. The van der Waals surface area contributed by atoms with E-state index in [-0.39, 0.29) is 24.0 Å². The number of benzene rings is 2. The topological polar surface area (TPSA) is 166 Å². The van der Waals surface area contributed by atoms with Crippen LogP contribution in [-0.4, -0.2) is 61.3 Å². The lowest BCUT2D eigenvalue weighted by Gasteiger charge is -2.41. The Morgan fingerprint density at radius 2 is 1.79 bits per heavy atom. The number of nitrogens with two attached hydrogens (primary N) is 1. The summed E-state index contributed by atoms with van der Waals surface area (Å²) in [5.74, 6) is -1.39. The summed E-state index contributed by atoms with van der Waals surface area (Å²) in [6.07, 6.45) is 0.440. The van der Waals surface area contributed by atoms with Crippen molar-refractivity contribution in [3.8, 4) is 0 Å². The van der Waals surface area contributed by atoms with Crippen molar-refractivity contribution in [1.82, 2.24) is 14.9 Å². The van der Waals surface area contributed by atoms with Crippen molar-refractivity contribution in [1.29, 1.82) is 5.41 Å². The van der Waals surface area contributed by atoms with E-state index >= 15 is 0 Å². The predicted octanol–water partition coefficient (Wildman–Crippen LogP) is -0.332. The molecule has 2 aromatic rings. The maximum absolute atomic E-state index is 12.8. The average Bonchev–Trinajstić information content (AvgIpc) is 2.76. The molecule has 1 heterocycles. The molecule has 0 unspecified atom stereocenters. The molecule has 0 bridgehead atoms. The summed E-state index contributed by atoms with van der Waals surface area (Å²) >= 11 is 0. The quantitative estimate of drug-likeness (QED) is 0.234. The molecule has 2 amide bonds. The Bertz CT molecular complexity index is 1110. The second kappa shape index (κ2) is 10.6. The Balaban J connectivity index is 1.56. The number of nitrogen functional groups attached to an aromatic ring is 1. The van der Waals surface area contributed by atoms with Gasteiger partial charge in [0.2, 0.25) is 21.8 Å². The number of rotatable bonds is 10. The van der Waals surface area contributed by atoms with Crippen molar-refractivity contribution in [3.63, 3.8) is 0 Å². The number of aliphatic hydroxyl groups excluding tert-OH is 1. The molecule has 2 aromatic carbocycles. The second-order valence-corrected chi connectivity index (χ2v) is 9.52. The minimum atomic E-state index is -3.88. The van der Waals surface area contributed by atoms with Crippen LogP contribution < -0.4 is 15.8 Å². The van der Waals surface area contributed by atoms with E-state index in [1.54, 1.807) is 54.6 Å². The van der Waals surface area contributed by atoms with Crippen LogP contribution >= 0.6 is 0 Å². The molecule has 1 saturated heterocycles. The summed E-state index contributed by atoms with van der Waals surface area (Å²) in [7, 11) is -3.88. The van der Waals surface area contributed by atoms with Crippen molar-refractivity contribution in [2.75, 3.05) is 13.2 Å². The highest BCUT2D eigenvalue weighted by Gasteiger charge is 2.40. The highest BCUT2D eigenvalue weighted by molar-refractivity contribution is 7.88. The SMILES string of the molecule is N=C(N)c1ccc(CNC(=O)[C@@H]2CCN2C(=O)[C@@H](CO)NS(=O)(=O)Cc2ccccc2)cc1. The van der Waals surface area contributed by atoms with Crippen LogP contribution in [0, 0.1) is 5.41 Å². The van der Waals surface area contributed by atoms with Gasteiger partial charge in [0.05, 0.1) is 12.4 Å². The molecule has 0 aromatic heterocycles. The van der Waals surface area contributed by atoms with Crippen LogP contribution in [0.2, 0.25) is 0 Å². The monoisotopic (exact) mass is 473 g/mol. The normalized spacial score (nSPS) is 16.5. The van der Waals surface area contributed by atoms with Gasteiger partial charge in [-0.3, -0.25) is 15.0 Å². The maximum Gasteiger partial charge on any atom is 0.243 e. The third-order valence-electron chi connectivity index (χ3n) is 5.34. The Hall–Kier alpha value is -3.28. The van der Waals surface area contributed by atoms with Crippen LogP contribution in [0.1, 0.15) is 23.1 Å². The minimum Gasteiger partial charge on any atom is -0.394 e. The van der Waals surface area contributed by atoms with E-state index in [2.05, 4.69) is 10.0 Å². The van der Waals surface area contributed by atoms with Crippen LogP contribution in [0.4, 0.5) is 0 Å². The van der Waals surface area contributed by atoms with Crippen molar-refractivity contribution in [2.24, 2.45) is 5.73 Å². The molecular formula is C22H27N5O5S. The number of likely N-dealkylation sites (tertiary alicyclic amines) is 1. The molecule has 0 spiro atoms.